The summed E-state index contributed by atoms with van der Waals surface area (Å²) in [6.07, 6.45) is -16.5. The molecule has 502 valence electrons. The third kappa shape index (κ3) is 19.2. The van der Waals surface area contributed by atoms with Gasteiger partial charge in [-0.25, -0.2) is 8.78 Å². The molecule has 22 heteroatoms. The van der Waals surface area contributed by atoms with Gasteiger partial charge in [-0.1, -0.05) is 155 Å². The predicted molar refractivity (Wildman–Crippen MR) is 358 cm³/mol. The minimum atomic E-state index is -5.50. The number of benzene rings is 6. The molecule has 10 rings (SSSR count). The van der Waals surface area contributed by atoms with Gasteiger partial charge in [0.15, 0.2) is 10.3 Å². The highest BCUT2D eigenvalue weighted by atomic mass is 32.2. The van der Waals surface area contributed by atoms with Gasteiger partial charge in [0.05, 0.1) is 38.5 Å². The number of aromatic nitrogens is 4. The summed E-state index contributed by atoms with van der Waals surface area (Å²) in [4.78, 5) is 64.0. The molecule has 8 aromatic rings. The van der Waals surface area contributed by atoms with Crippen molar-refractivity contribution in [3.8, 4) is 22.3 Å². The maximum atomic E-state index is 15.4. The van der Waals surface area contributed by atoms with Gasteiger partial charge in [-0.3, -0.25) is 19.2 Å². The molecule has 0 spiro atoms. The Labute approximate surface area is 609 Å². The Bertz CT molecular complexity index is 5880. The molecule has 2 amide bonds. The van der Waals surface area contributed by atoms with Crippen molar-refractivity contribution in [1.82, 2.24) is 38.7 Å². The summed E-state index contributed by atoms with van der Waals surface area (Å²) < 4.78 is 431. The molecule has 2 aromatic heterocycles. The summed E-state index contributed by atoms with van der Waals surface area (Å²) in [5, 5.41) is -1.54. The largest absolute Gasteiger partial charge is 0.416 e. The maximum absolute atomic E-state index is 15.4. The number of alkyl halides is 6. The van der Waals surface area contributed by atoms with E-state index in [1.807, 2.05) is 0 Å². The van der Waals surface area contributed by atoms with Crippen LogP contribution in [0.15, 0.2) is 165 Å². The highest BCUT2D eigenvalue weighted by Crippen LogP contribution is 2.35. The molecule has 2 aliphatic carbocycles. The van der Waals surface area contributed by atoms with Crippen molar-refractivity contribution in [2.24, 2.45) is 5.89 Å². The summed E-state index contributed by atoms with van der Waals surface area (Å²) in [5.74, 6) is -10.5. The first kappa shape index (κ1) is 37.0. The number of likely N-dealkylation sites (N-methyl/N-ethyl adjacent to an activating group) is 2. The molecule has 0 N–H and O–H groups in total. The average Bonchev–Trinajstić information content (AvgIpc) is 1.51. The topological polar surface area (TPSA) is 117 Å². The third-order valence-corrected chi connectivity index (χ3v) is 15.4. The summed E-state index contributed by atoms with van der Waals surface area (Å²) in [5.41, 5.74) is -11.1. The van der Waals surface area contributed by atoms with Crippen molar-refractivity contribution in [3.63, 3.8) is 0 Å². The number of hydrogen-bond donors (Lipinski definition) is 0. The van der Waals surface area contributed by atoms with E-state index in [0.717, 1.165) is 42.3 Å². The fraction of sp³-hybridized carbons (Fsp3) is 0.370. The minimum absolute atomic E-state index is 0.0106. The predicted octanol–water partition coefficient (Wildman–Crippen LogP) is 14.7. The summed E-state index contributed by atoms with van der Waals surface area (Å²) in [6, 6.07) is -1.72. The number of halogens is 8. The Morgan fingerprint density at radius 2 is 0.989 bits per heavy atom. The number of fused-ring (bicyclic) bond motifs is 2. The summed E-state index contributed by atoms with van der Waals surface area (Å²) in [7, 11) is 0. The molecular weight excluding hydrogens is 1270 g/mol. The first-order valence-electron chi connectivity index (χ1n) is 46.5. The van der Waals surface area contributed by atoms with E-state index in [2.05, 4.69) is 9.97 Å². The normalized spacial score (nSPS) is 22.6. The molecule has 0 fully saturated rings. The summed E-state index contributed by atoms with van der Waals surface area (Å²) >= 11 is 0.843. The zero-order chi connectivity index (χ0) is 101. The molecule has 6 aromatic carbocycles. The Balaban J connectivity index is 0.000000308. The Kier molecular flexibility index (Phi) is 12.7. The fourth-order valence-corrected chi connectivity index (χ4v) is 10.5. The van der Waals surface area contributed by atoms with E-state index in [1.165, 1.54) is 60.7 Å². The Morgan fingerprint density at radius 1 is 0.537 bits per heavy atom. The molecule has 0 saturated carbocycles. The lowest BCUT2D eigenvalue weighted by atomic mass is 10.0. The first-order valence-corrected chi connectivity index (χ1v) is 30.0. The second-order valence-corrected chi connectivity index (χ2v) is 21.7. The molecule has 2 heterocycles. The maximum Gasteiger partial charge on any atom is 0.416 e. The van der Waals surface area contributed by atoms with Crippen molar-refractivity contribution >= 4 is 35.3 Å². The van der Waals surface area contributed by atoms with E-state index >= 15 is 4.79 Å². The molecule has 0 bridgehead atoms. The van der Waals surface area contributed by atoms with Gasteiger partial charge < -0.3 is 28.7 Å². The lowest BCUT2D eigenvalue weighted by molar-refractivity contribution is -0.138. The average molecular weight is 1380 g/mol. The zero-order valence-corrected chi connectivity index (χ0v) is 52.1. The number of nitrogens with zero attached hydrogens (tertiary/aromatic N) is 8. The van der Waals surface area contributed by atoms with Gasteiger partial charge in [-0.05, 0) is 157 Å². The number of rotatable bonds is 26. The van der Waals surface area contributed by atoms with Gasteiger partial charge >= 0.3 is 12.4 Å². The molecule has 0 radical (unpaired) electrons. The standard InChI is InChI=1S/C37H40F4N4O2S.C36H38F4N4O2S/c1-4-43(5-2)18-19-44(22-26-6-10-28(11-7-26)29-12-14-30(15-13-29)37(39,40)41)34(46)23-45-33-21-25(3)20-32(33)35(47)42-36(45)48-24-27-8-16-31(38)17-9-27;1-3-42(4-2)20-21-43(22-25-8-12-27(13-9-25)28-14-16-29(17-15-28)36(38,39)40)33(45)23-44-32-7-5-6-31(32)34(46)41-35(44)47-24-26-10-18-30(37)19-11-26/h6-17,25H,4-5,18-24H2,1-3H3;8-19H,3-7,20-24H2,1-2H3/i4D2,5D2,6D,7D,8D,9D,10D,11D,12D,13D,14D,15D,16D,17D,18D2,19D2,20D2,21D2,23D2,25D;3D2,4D2,20D2,21D2,23D2. The van der Waals surface area contributed by atoms with Crippen LogP contribution in [0.5, 0.6) is 0 Å². The molecule has 1 atom stereocenters. The monoisotopic (exact) mass is 1380 g/mol. The number of hydrogen-bond acceptors (Lipinski definition) is 10. The van der Waals surface area contributed by atoms with Gasteiger partial charge in [0.2, 0.25) is 11.8 Å². The Hall–Kier alpha value is -7.92. The fourth-order valence-electron chi connectivity index (χ4n) is 8.75. The van der Waals surface area contributed by atoms with Crippen LogP contribution in [-0.2, 0) is 85.1 Å². The van der Waals surface area contributed by atoms with Gasteiger partial charge in [0.1, 0.15) is 24.6 Å². The van der Waals surface area contributed by atoms with E-state index < -0.39 is 281 Å². The van der Waals surface area contributed by atoms with Crippen LogP contribution in [0.1, 0.15) is 148 Å². The third-order valence-electron chi connectivity index (χ3n) is 13.4. The van der Waals surface area contributed by atoms with Crippen molar-refractivity contribution in [1.29, 1.82) is 0 Å². The van der Waals surface area contributed by atoms with E-state index in [9.17, 15) is 57.7 Å². The Morgan fingerprint density at radius 3 is 1.51 bits per heavy atom. The highest BCUT2D eigenvalue weighted by molar-refractivity contribution is 7.98. The van der Waals surface area contributed by atoms with Crippen LogP contribution in [0.2, 0.25) is 0 Å². The van der Waals surface area contributed by atoms with E-state index in [0.29, 0.717) is 43.9 Å². The number of carbonyl (C=O) groups is 2. The van der Waals surface area contributed by atoms with Crippen LogP contribution in [0.25, 0.3) is 22.3 Å². The summed E-state index contributed by atoms with van der Waals surface area (Å²) in [6.45, 7) is -35.9. The molecule has 1 unspecified atom stereocenters. The van der Waals surface area contributed by atoms with Gasteiger partial charge in [0, 0.05) is 96.4 Å². The van der Waals surface area contributed by atoms with Crippen LogP contribution >= 0.6 is 23.5 Å². The molecule has 0 saturated heterocycles. The van der Waals surface area contributed by atoms with Crippen molar-refractivity contribution in [2.75, 3.05) is 52.0 Å². The lowest BCUT2D eigenvalue weighted by Gasteiger charge is -2.28. The molecular formula is C73H78F8N8O4S2. The van der Waals surface area contributed by atoms with Crippen LogP contribution in [0, 0.1) is 17.5 Å². The SMILES string of the molecule is [2H]C([2H])(C)N(C([2H])([2H])C)C([2H])([2H])C([2H])([2H])N(Cc1ccc(-c2ccc(C(F)(F)F)cc2)cc1)C(=O)C([2H])([2H])n1c(SCc2ccc(F)cc2)nc(=O)c2c1CCC2.[2H]c1c([2H])c(CSc2nc(=O)c3c(n2C([2H])([2H])C(=O)N(Cc2c([2H])c([2H])c(-c4c([2H])c([2H])c(C(F)(F)F)c([2H])c4[2H])c([2H])c2[2H])C([2H])([2H])C([2H])([2H])N(C([2H])([2H])C)C([2H])([2H])C)C([2H])([2H])C([2H])(C)C3([2H])[2H])c([2H])c([2H])c1F. The second-order valence-electron chi connectivity index (χ2n) is 19.8. The van der Waals surface area contributed by atoms with Gasteiger partial charge in [-0.2, -0.15) is 36.3 Å². The van der Waals surface area contributed by atoms with Crippen molar-refractivity contribution in [3.05, 3.63) is 234 Å². The van der Waals surface area contributed by atoms with Crippen LogP contribution in [0.3, 0.4) is 0 Å². The van der Waals surface area contributed by atoms with Gasteiger partial charge in [0.25, 0.3) is 11.1 Å². The molecule has 0 aliphatic heterocycles. The zero-order valence-electron chi connectivity index (χ0n) is 87.4. The number of thioether (sulfide) groups is 2. The van der Waals surface area contributed by atoms with E-state index in [-0.39, 0.29) is 66.7 Å². The quantitative estimate of drug-likeness (QED) is 0.0295. The number of carbonyl (C=O) groups excluding carboxylic acids is 2. The second kappa shape index (κ2) is 32.7. The molecule has 2 aliphatic rings. The molecule has 95 heavy (non-hydrogen) atoms. The van der Waals surface area contributed by atoms with Crippen molar-refractivity contribution < 1.29 is 95.4 Å². The van der Waals surface area contributed by atoms with Crippen LogP contribution in [0.4, 0.5) is 35.1 Å². The van der Waals surface area contributed by atoms with Crippen LogP contribution in [-0.4, -0.2) is 102 Å². The van der Waals surface area contributed by atoms with Gasteiger partial charge in [-0.15, -0.1) is 0 Å². The van der Waals surface area contributed by atoms with Crippen molar-refractivity contribution in [2.45, 2.75) is 127 Å². The van der Waals surface area contributed by atoms with Crippen LogP contribution < -0.4 is 11.1 Å². The van der Waals surface area contributed by atoms with E-state index in [1.54, 1.807) is 0 Å². The molecule has 12 nitrogen and oxygen atoms in total. The lowest BCUT2D eigenvalue weighted by Crippen LogP contribution is -2.40. The minimum Gasteiger partial charge on any atom is -0.336 e. The smallest absolute Gasteiger partial charge is 0.336 e. The van der Waals surface area contributed by atoms with E-state index in [4.69, 9.17) is 42.5 Å². The number of amides is 2. The first-order chi connectivity index (χ1) is 59.6. The highest BCUT2D eigenvalue weighted by Gasteiger charge is 2.33.